The minimum Gasteiger partial charge on any atom is -0.755 e. The van der Waals surface area contributed by atoms with Crippen LogP contribution >= 0.6 is 0 Å². The zero-order chi connectivity index (χ0) is 20.3. The molecule has 0 spiro atoms. The Morgan fingerprint density at radius 2 is 1.39 bits per heavy atom. The highest BCUT2D eigenvalue weighted by Crippen LogP contribution is 2.34. The van der Waals surface area contributed by atoms with Gasteiger partial charge in [-0.15, -0.1) is 0 Å². The zero-order valence-corrected chi connectivity index (χ0v) is 17.0. The number of benzene rings is 3. The molecular formula is C20H19N2O4S2-. The molecule has 0 aliphatic rings. The molecule has 146 valence electrons. The Bertz CT molecular complexity index is 1100. The van der Waals surface area contributed by atoms with Gasteiger partial charge in [0.05, 0.1) is 33.2 Å². The van der Waals surface area contributed by atoms with Crippen LogP contribution in [0.5, 0.6) is 0 Å². The van der Waals surface area contributed by atoms with Gasteiger partial charge in [-0.1, -0.05) is 47.5 Å². The first-order valence-corrected chi connectivity index (χ1v) is 10.9. The lowest BCUT2D eigenvalue weighted by Crippen LogP contribution is -2.22. The van der Waals surface area contributed by atoms with Gasteiger partial charge in [0.1, 0.15) is 0 Å². The number of sulfonamides is 1. The molecule has 0 bridgehead atoms. The standard InChI is InChI=1S/C20H20N2O4S2/c1-15-7-11-17(12-8-15)22(27(23)24)20-6-4-3-5-19(20)21-28(25,26)18-13-9-16(2)10-14-18/h3-14,21H,1-2H3,(H,23,24)/p-1. The molecule has 0 aliphatic heterocycles. The molecule has 0 aromatic heterocycles. The van der Waals surface area contributed by atoms with Crippen LogP contribution in [0.2, 0.25) is 0 Å². The van der Waals surface area contributed by atoms with Gasteiger partial charge in [-0.3, -0.25) is 13.2 Å². The van der Waals surface area contributed by atoms with Gasteiger partial charge in [-0.05, 0) is 50.2 Å². The fraction of sp³-hybridized carbons (Fsp3) is 0.100. The Labute approximate surface area is 167 Å². The van der Waals surface area contributed by atoms with Gasteiger partial charge in [-0.25, -0.2) is 8.42 Å². The molecule has 0 amide bonds. The lowest BCUT2D eigenvalue weighted by atomic mass is 10.2. The molecule has 6 nitrogen and oxygen atoms in total. The molecule has 0 fully saturated rings. The molecule has 28 heavy (non-hydrogen) atoms. The van der Waals surface area contributed by atoms with Crippen molar-refractivity contribution < 1.29 is 17.2 Å². The number of nitrogens with one attached hydrogen (secondary N) is 1. The Hall–Kier alpha value is -2.68. The predicted molar refractivity (Wildman–Crippen MR) is 111 cm³/mol. The van der Waals surface area contributed by atoms with E-state index in [-0.39, 0.29) is 16.3 Å². The first-order chi connectivity index (χ1) is 13.3. The minimum atomic E-state index is -3.88. The fourth-order valence-corrected chi connectivity index (χ4v) is 4.33. The van der Waals surface area contributed by atoms with Crippen molar-refractivity contribution in [2.24, 2.45) is 0 Å². The fourth-order valence-electron chi connectivity index (χ4n) is 2.64. The van der Waals surface area contributed by atoms with Crippen LogP contribution in [0.25, 0.3) is 0 Å². The summed E-state index contributed by atoms with van der Waals surface area (Å²) in [4.78, 5) is 0.0954. The summed E-state index contributed by atoms with van der Waals surface area (Å²) in [5.41, 5.74) is 2.68. The summed E-state index contributed by atoms with van der Waals surface area (Å²) < 4.78 is 53.0. The van der Waals surface area contributed by atoms with E-state index in [1.54, 1.807) is 54.6 Å². The van der Waals surface area contributed by atoms with Gasteiger partial charge in [-0.2, -0.15) is 0 Å². The summed E-state index contributed by atoms with van der Waals surface area (Å²) in [6.07, 6.45) is 0. The predicted octanol–water partition coefficient (Wildman–Crippen LogP) is 4.04. The van der Waals surface area contributed by atoms with E-state index in [0.717, 1.165) is 15.4 Å². The molecule has 1 N–H and O–H groups in total. The second-order valence-corrected chi connectivity index (χ2v) is 8.76. The number of nitrogens with zero attached hydrogens (tertiary/aromatic N) is 1. The molecular weight excluding hydrogens is 396 g/mol. The normalized spacial score (nSPS) is 12.4. The van der Waals surface area contributed by atoms with Crippen LogP contribution in [-0.2, 0) is 21.3 Å². The third-order valence-electron chi connectivity index (χ3n) is 4.12. The molecule has 1 atom stereocenters. The van der Waals surface area contributed by atoms with E-state index in [0.29, 0.717) is 5.69 Å². The van der Waals surface area contributed by atoms with Crippen LogP contribution in [-0.4, -0.2) is 17.2 Å². The molecule has 0 radical (unpaired) electrons. The van der Waals surface area contributed by atoms with Crippen LogP contribution in [0.3, 0.4) is 0 Å². The Kier molecular flexibility index (Phi) is 5.83. The van der Waals surface area contributed by atoms with Gasteiger partial charge in [0.25, 0.3) is 10.0 Å². The maximum Gasteiger partial charge on any atom is 0.261 e. The number of anilines is 3. The van der Waals surface area contributed by atoms with Crippen LogP contribution < -0.4 is 9.03 Å². The number of rotatable bonds is 6. The van der Waals surface area contributed by atoms with E-state index in [4.69, 9.17) is 0 Å². The summed E-state index contributed by atoms with van der Waals surface area (Å²) in [7, 11) is -3.88. The number of aryl methyl sites for hydroxylation is 2. The van der Waals surface area contributed by atoms with Gasteiger partial charge in [0, 0.05) is 0 Å². The van der Waals surface area contributed by atoms with Crippen LogP contribution in [0.1, 0.15) is 11.1 Å². The van der Waals surface area contributed by atoms with E-state index in [1.165, 1.54) is 18.2 Å². The van der Waals surface area contributed by atoms with Crippen molar-refractivity contribution in [3.63, 3.8) is 0 Å². The Morgan fingerprint density at radius 3 is 1.96 bits per heavy atom. The van der Waals surface area contributed by atoms with Gasteiger partial charge >= 0.3 is 0 Å². The minimum absolute atomic E-state index is 0.0954. The molecule has 3 rings (SSSR count). The van der Waals surface area contributed by atoms with E-state index in [9.17, 15) is 17.2 Å². The topological polar surface area (TPSA) is 89.5 Å². The van der Waals surface area contributed by atoms with E-state index in [1.807, 2.05) is 13.8 Å². The average Bonchev–Trinajstić information content (AvgIpc) is 2.65. The van der Waals surface area contributed by atoms with E-state index < -0.39 is 21.3 Å². The molecule has 3 aromatic rings. The summed E-state index contributed by atoms with van der Waals surface area (Å²) >= 11 is -2.65. The molecule has 0 heterocycles. The second kappa shape index (κ2) is 8.14. The summed E-state index contributed by atoms with van der Waals surface area (Å²) in [5, 5.41) is 0. The van der Waals surface area contributed by atoms with Gasteiger partial charge in [0.2, 0.25) is 0 Å². The van der Waals surface area contributed by atoms with Crippen LogP contribution in [0, 0.1) is 13.8 Å². The SMILES string of the molecule is Cc1ccc(N(c2ccccc2NS(=O)(=O)c2ccc(C)cc2)S(=O)[O-])cc1. The van der Waals surface area contributed by atoms with Crippen molar-refractivity contribution >= 4 is 38.4 Å². The molecule has 3 aromatic carbocycles. The van der Waals surface area contributed by atoms with Crippen molar-refractivity contribution in [3.8, 4) is 0 Å². The quantitative estimate of drug-likeness (QED) is 0.616. The van der Waals surface area contributed by atoms with Crippen molar-refractivity contribution in [2.75, 3.05) is 9.03 Å². The zero-order valence-electron chi connectivity index (χ0n) is 15.3. The third-order valence-corrected chi connectivity index (χ3v) is 6.20. The Morgan fingerprint density at radius 1 is 0.857 bits per heavy atom. The van der Waals surface area contributed by atoms with Crippen molar-refractivity contribution in [2.45, 2.75) is 18.7 Å². The lowest BCUT2D eigenvalue weighted by molar-refractivity contribution is 0.537. The molecule has 1 unspecified atom stereocenters. The molecule has 0 saturated carbocycles. The second-order valence-electron chi connectivity index (χ2n) is 6.28. The largest absolute Gasteiger partial charge is 0.755 e. The first kappa shape index (κ1) is 20.1. The number of hydrogen-bond acceptors (Lipinski definition) is 4. The summed E-state index contributed by atoms with van der Waals surface area (Å²) in [6.45, 7) is 3.76. The van der Waals surface area contributed by atoms with E-state index in [2.05, 4.69) is 4.72 Å². The maximum atomic E-state index is 12.8. The van der Waals surface area contributed by atoms with E-state index >= 15 is 0 Å². The average molecular weight is 416 g/mol. The summed E-state index contributed by atoms with van der Waals surface area (Å²) in [5.74, 6) is 0. The summed E-state index contributed by atoms with van der Waals surface area (Å²) in [6, 6.07) is 19.7. The van der Waals surface area contributed by atoms with Crippen molar-refractivity contribution in [1.82, 2.24) is 0 Å². The monoisotopic (exact) mass is 415 g/mol. The molecule has 8 heteroatoms. The van der Waals surface area contributed by atoms with Crippen LogP contribution in [0.4, 0.5) is 17.1 Å². The highest BCUT2D eigenvalue weighted by Gasteiger charge is 2.19. The third kappa shape index (κ3) is 4.41. The van der Waals surface area contributed by atoms with Crippen molar-refractivity contribution in [1.29, 1.82) is 0 Å². The van der Waals surface area contributed by atoms with Crippen molar-refractivity contribution in [3.05, 3.63) is 83.9 Å². The highest BCUT2D eigenvalue weighted by molar-refractivity contribution is 7.92. The molecule has 0 aliphatic carbocycles. The Balaban J connectivity index is 2.03. The molecule has 0 saturated heterocycles. The van der Waals surface area contributed by atoms with Crippen LogP contribution in [0.15, 0.2) is 77.7 Å². The first-order valence-electron chi connectivity index (χ1n) is 8.42. The number of para-hydroxylation sites is 2. The van der Waals surface area contributed by atoms with Gasteiger partial charge in [0.15, 0.2) is 0 Å². The van der Waals surface area contributed by atoms with Gasteiger partial charge < -0.3 is 4.55 Å². The lowest BCUT2D eigenvalue weighted by Gasteiger charge is -2.28. The number of hydrogen-bond donors (Lipinski definition) is 1. The highest BCUT2D eigenvalue weighted by atomic mass is 32.2. The smallest absolute Gasteiger partial charge is 0.261 e. The maximum absolute atomic E-state index is 12.8.